The Hall–Kier alpha value is -3.13. The second-order valence-corrected chi connectivity index (χ2v) is 9.50. The fraction of sp³-hybridized carbons (Fsp3) is 0.308. The second-order valence-electron chi connectivity index (χ2n) is 8.47. The number of carbonyl (C=O) groups is 2. The van der Waals surface area contributed by atoms with Crippen molar-refractivity contribution in [3.63, 3.8) is 0 Å². The molecule has 2 aromatic carbocycles. The van der Waals surface area contributed by atoms with Crippen LogP contribution in [0.1, 0.15) is 40.2 Å². The number of benzene rings is 2. The fourth-order valence-corrected chi connectivity index (χ4v) is 4.25. The van der Waals surface area contributed by atoms with E-state index in [-0.39, 0.29) is 23.9 Å². The molecule has 1 aromatic heterocycles. The van der Waals surface area contributed by atoms with Crippen molar-refractivity contribution < 1.29 is 22.8 Å². The highest BCUT2D eigenvalue weighted by Crippen LogP contribution is 2.29. The van der Waals surface area contributed by atoms with Gasteiger partial charge in [-0.15, -0.1) is 11.3 Å². The average molecular weight is 489 g/mol. The molecule has 0 atom stereocenters. The van der Waals surface area contributed by atoms with Crippen LogP contribution in [0.25, 0.3) is 0 Å². The van der Waals surface area contributed by atoms with Crippen LogP contribution in [0.2, 0.25) is 0 Å². The number of hydrogen-bond acceptors (Lipinski definition) is 3. The quantitative estimate of drug-likeness (QED) is 0.366. The minimum absolute atomic E-state index is 0.0751. The largest absolute Gasteiger partial charge is 0.416 e. The molecule has 0 spiro atoms. The number of hydrogen-bond donors (Lipinski definition) is 0. The molecule has 34 heavy (non-hydrogen) atoms. The number of thiophene rings is 1. The molecule has 0 aliphatic rings. The lowest BCUT2D eigenvalue weighted by Crippen LogP contribution is -2.43. The van der Waals surface area contributed by atoms with Gasteiger partial charge in [-0.1, -0.05) is 50.2 Å². The Kier molecular flexibility index (Phi) is 8.50. The Labute approximate surface area is 201 Å². The van der Waals surface area contributed by atoms with Crippen LogP contribution < -0.4 is 0 Å². The summed E-state index contributed by atoms with van der Waals surface area (Å²) < 4.78 is 38.7. The summed E-state index contributed by atoms with van der Waals surface area (Å²) in [5.41, 5.74) is 0.270. The number of amides is 2. The molecule has 0 saturated heterocycles. The Bertz CT molecular complexity index is 1070. The van der Waals surface area contributed by atoms with Crippen LogP contribution in [0.15, 0.2) is 72.1 Å². The van der Waals surface area contributed by atoms with Crippen LogP contribution in [0.3, 0.4) is 0 Å². The molecule has 0 radical (unpaired) electrons. The Morgan fingerprint density at radius 3 is 2.12 bits per heavy atom. The van der Waals surface area contributed by atoms with Crippen LogP contribution in [0, 0.1) is 5.92 Å². The van der Waals surface area contributed by atoms with Crippen LogP contribution in [0.4, 0.5) is 13.2 Å². The van der Waals surface area contributed by atoms with Crippen LogP contribution in [-0.4, -0.2) is 34.7 Å². The molecule has 0 saturated carbocycles. The third kappa shape index (κ3) is 7.18. The summed E-state index contributed by atoms with van der Waals surface area (Å²) in [4.78, 5) is 30.7. The molecule has 4 nitrogen and oxygen atoms in total. The monoisotopic (exact) mass is 488 g/mol. The van der Waals surface area contributed by atoms with E-state index in [1.54, 1.807) is 16.2 Å². The maximum atomic E-state index is 13.4. The van der Waals surface area contributed by atoms with Crippen LogP contribution in [0.5, 0.6) is 0 Å². The van der Waals surface area contributed by atoms with Gasteiger partial charge in [0.2, 0.25) is 5.91 Å². The van der Waals surface area contributed by atoms with E-state index in [1.807, 2.05) is 61.7 Å². The van der Waals surface area contributed by atoms with Gasteiger partial charge < -0.3 is 9.80 Å². The van der Waals surface area contributed by atoms with E-state index in [0.717, 1.165) is 34.7 Å². The van der Waals surface area contributed by atoms with Crippen molar-refractivity contribution in [2.75, 3.05) is 13.1 Å². The lowest BCUT2D eigenvalue weighted by Gasteiger charge is -2.29. The van der Waals surface area contributed by atoms with E-state index in [4.69, 9.17) is 0 Å². The number of carbonyl (C=O) groups excluding carboxylic acids is 2. The molecule has 0 aliphatic heterocycles. The first kappa shape index (κ1) is 25.5. The first-order chi connectivity index (χ1) is 16.1. The third-order valence-electron chi connectivity index (χ3n) is 5.15. The van der Waals surface area contributed by atoms with Crippen LogP contribution in [-0.2, 0) is 24.1 Å². The number of halogens is 3. The van der Waals surface area contributed by atoms with Crippen molar-refractivity contribution in [3.05, 3.63) is 93.7 Å². The van der Waals surface area contributed by atoms with E-state index in [9.17, 15) is 22.8 Å². The third-order valence-corrected chi connectivity index (χ3v) is 6.01. The highest BCUT2D eigenvalue weighted by atomic mass is 32.1. The first-order valence-electron chi connectivity index (χ1n) is 10.9. The second kappa shape index (κ2) is 11.3. The molecular weight excluding hydrogens is 461 g/mol. The minimum Gasteiger partial charge on any atom is -0.332 e. The molecule has 3 rings (SSSR count). The number of alkyl halides is 3. The van der Waals surface area contributed by atoms with Gasteiger partial charge in [0, 0.05) is 23.5 Å². The molecular formula is C26H27F3N2O2S. The zero-order valence-corrected chi connectivity index (χ0v) is 19.9. The highest BCUT2D eigenvalue weighted by molar-refractivity contribution is 7.09. The Morgan fingerprint density at radius 1 is 0.882 bits per heavy atom. The molecule has 0 bridgehead atoms. The molecule has 8 heteroatoms. The molecule has 0 unspecified atom stereocenters. The van der Waals surface area contributed by atoms with Crippen molar-refractivity contribution in [2.45, 2.75) is 33.1 Å². The van der Waals surface area contributed by atoms with E-state index in [2.05, 4.69) is 0 Å². The fourth-order valence-electron chi connectivity index (χ4n) is 3.53. The first-order valence-corrected chi connectivity index (χ1v) is 11.8. The average Bonchev–Trinajstić information content (AvgIpc) is 3.31. The topological polar surface area (TPSA) is 40.6 Å². The van der Waals surface area contributed by atoms with Gasteiger partial charge in [0.05, 0.1) is 12.1 Å². The molecule has 0 fully saturated rings. The molecule has 0 aliphatic carbocycles. The van der Waals surface area contributed by atoms with Gasteiger partial charge in [0.15, 0.2) is 0 Å². The predicted molar refractivity (Wildman–Crippen MR) is 127 cm³/mol. The molecule has 3 aromatic rings. The summed E-state index contributed by atoms with van der Waals surface area (Å²) in [5.74, 6) is -0.615. The van der Waals surface area contributed by atoms with Gasteiger partial charge in [-0.25, -0.2) is 0 Å². The minimum atomic E-state index is -4.48. The molecule has 1 heterocycles. The van der Waals surface area contributed by atoms with Crippen molar-refractivity contribution in [1.82, 2.24) is 9.80 Å². The standard InChI is InChI=1S/C26H27F3N2O2S/c1-19(2)15-31(25(33)21-10-12-22(13-11-21)26(27,28)29)18-24(32)30(17-23-9-6-14-34-23)16-20-7-4-3-5-8-20/h3-14,19H,15-18H2,1-2H3. The lowest BCUT2D eigenvalue weighted by molar-refractivity contribution is -0.137. The summed E-state index contributed by atoms with van der Waals surface area (Å²) >= 11 is 1.55. The molecule has 0 N–H and O–H groups in total. The molecule has 2 amide bonds. The number of nitrogens with zero attached hydrogens (tertiary/aromatic N) is 2. The van der Waals surface area contributed by atoms with Gasteiger partial charge in [-0.3, -0.25) is 9.59 Å². The van der Waals surface area contributed by atoms with Gasteiger partial charge >= 0.3 is 6.18 Å². The van der Waals surface area contributed by atoms with Gasteiger partial charge in [0.25, 0.3) is 5.91 Å². The Morgan fingerprint density at radius 2 is 1.56 bits per heavy atom. The van der Waals surface area contributed by atoms with Gasteiger partial charge in [-0.05, 0) is 47.2 Å². The highest BCUT2D eigenvalue weighted by Gasteiger charge is 2.31. The Balaban J connectivity index is 1.80. The zero-order valence-electron chi connectivity index (χ0n) is 19.1. The summed E-state index contributed by atoms with van der Waals surface area (Å²) in [5, 5.41) is 1.94. The maximum Gasteiger partial charge on any atom is 0.416 e. The van der Waals surface area contributed by atoms with Crippen LogP contribution >= 0.6 is 11.3 Å². The summed E-state index contributed by atoms with van der Waals surface area (Å²) in [6, 6.07) is 17.6. The number of rotatable bonds is 9. The van der Waals surface area contributed by atoms with E-state index < -0.39 is 17.6 Å². The summed E-state index contributed by atoms with van der Waals surface area (Å²) in [6.45, 7) is 4.80. The maximum absolute atomic E-state index is 13.4. The normalized spacial score (nSPS) is 11.5. The van der Waals surface area contributed by atoms with E-state index >= 15 is 0 Å². The van der Waals surface area contributed by atoms with E-state index in [1.165, 1.54) is 4.90 Å². The lowest BCUT2D eigenvalue weighted by atomic mass is 10.1. The van der Waals surface area contributed by atoms with Crippen molar-refractivity contribution in [2.24, 2.45) is 5.92 Å². The smallest absolute Gasteiger partial charge is 0.332 e. The summed E-state index contributed by atoms with van der Waals surface area (Å²) in [6.07, 6.45) is -4.48. The van der Waals surface area contributed by atoms with Crippen molar-refractivity contribution in [3.8, 4) is 0 Å². The van der Waals surface area contributed by atoms with Crippen molar-refractivity contribution >= 4 is 23.2 Å². The predicted octanol–water partition coefficient (Wildman–Crippen LogP) is 6.09. The zero-order chi connectivity index (χ0) is 24.7. The van der Waals surface area contributed by atoms with Crippen molar-refractivity contribution in [1.29, 1.82) is 0 Å². The van der Waals surface area contributed by atoms with Gasteiger partial charge in [0.1, 0.15) is 6.54 Å². The van der Waals surface area contributed by atoms with E-state index in [0.29, 0.717) is 19.6 Å². The van der Waals surface area contributed by atoms with Gasteiger partial charge in [-0.2, -0.15) is 13.2 Å². The molecule has 180 valence electrons. The SMILES string of the molecule is CC(C)CN(CC(=O)N(Cc1ccccc1)Cc1cccs1)C(=O)c1ccc(C(F)(F)F)cc1. The summed E-state index contributed by atoms with van der Waals surface area (Å²) in [7, 11) is 0.